The van der Waals surface area contributed by atoms with Crippen molar-refractivity contribution in [1.82, 2.24) is 29.3 Å². The van der Waals surface area contributed by atoms with Crippen LogP contribution in [-0.4, -0.2) is 61.9 Å². The molecular formula is C18H26N6O. The number of likely N-dealkylation sites (N-methyl/N-ethyl adjacent to an activating group) is 1. The van der Waals surface area contributed by atoms with Crippen molar-refractivity contribution in [1.29, 1.82) is 0 Å². The molecule has 2 aliphatic rings. The maximum absolute atomic E-state index is 13.3. The van der Waals surface area contributed by atoms with Gasteiger partial charge in [-0.1, -0.05) is 6.92 Å². The molecule has 7 nitrogen and oxygen atoms in total. The number of fused-ring (bicyclic) bond motifs is 1. The van der Waals surface area contributed by atoms with Gasteiger partial charge < -0.3 is 19.4 Å². The lowest BCUT2D eigenvalue weighted by Crippen LogP contribution is -2.43. The summed E-state index contributed by atoms with van der Waals surface area (Å²) >= 11 is 0. The third-order valence-electron chi connectivity index (χ3n) is 5.55. The van der Waals surface area contributed by atoms with Crippen LogP contribution in [0.25, 0.3) is 0 Å². The zero-order chi connectivity index (χ0) is 17.6. The number of carbonyl (C=O) groups excluding carboxylic acids is 1. The van der Waals surface area contributed by atoms with E-state index in [9.17, 15) is 4.79 Å². The highest BCUT2D eigenvalue weighted by Gasteiger charge is 2.41. The van der Waals surface area contributed by atoms with E-state index in [1.165, 1.54) is 0 Å². The molecule has 0 bridgehead atoms. The first-order valence-corrected chi connectivity index (χ1v) is 9.08. The van der Waals surface area contributed by atoms with Gasteiger partial charge in [-0.25, -0.2) is 9.97 Å². The predicted octanol–water partition coefficient (Wildman–Crippen LogP) is 1.16. The van der Waals surface area contributed by atoms with Crippen molar-refractivity contribution >= 4 is 5.91 Å². The van der Waals surface area contributed by atoms with E-state index in [-0.39, 0.29) is 17.7 Å². The molecular weight excluding hydrogens is 316 g/mol. The SMILES string of the molecule is CCc1nc([C@H]2CN(C)C[C@@H]2C(=O)N2CCn3cncc3C2)c(C)[nH]1. The summed E-state index contributed by atoms with van der Waals surface area (Å²) in [5, 5.41) is 0. The Kier molecular flexibility index (Phi) is 4.11. The fourth-order valence-corrected chi connectivity index (χ4v) is 4.20. The van der Waals surface area contributed by atoms with Crippen LogP contribution in [0, 0.1) is 12.8 Å². The van der Waals surface area contributed by atoms with E-state index in [0.29, 0.717) is 6.54 Å². The van der Waals surface area contributed by atoms with Crippen molar-refractivity contribution in [3.8, 4) is 0 Å². The maximum Gasteiger partial charge on any atom is 0.228 e. The minimum atomic E-state index is -0.0221. The molecule has 1 saturated heterocycles. The van der Waals surface area contributed by atoms with Gasteiger partial charge in [0.1, 0.15) is 5.82 Å². The minimum Gasteiger partial charge on any atom is -0.346 e. The first-order valence-electron chi connectivity index (χ1n) is 9.08. The van der Waals surface area contributed by atoms with Gasteiger partial charge in [0, 0.05) is 50.4 Å². The highest BCUT2D eigenvalue weighted by molar-refractivity contribution is 5.80. The smallest absolute Gasteiger partial charge is 0.228 e. The normalized spacial score (nSPS) is 23.9. The zero-order valence-corrected chi connectivity index (χ0v) is 15.2. The largest absolute Gasteiger partial charge is 0.346 e. The molecule has 2 aromatic rings. The molecule has 2 aromatic heterocycles. The monoisotopic (exact) mass is 342 g/mol. The number of aromatic nitrogens is 4. The van der Waals surface area contributed by atoms with E-state index in [0.717, 1.165) is 55.5 Å². The lowest BCUT2D eigenvalue weighted by Gasteiger charge is -2.31. The number of rotatable bonds is 3. The van der Waals surface area contributed by atoms with Crippen LogP contribution in [0.4, 0.5) is 0 Å². The summed E-state index contributed by atoms with van der Waals surface area (Å²) in [4.78, 5) is 29.9. The molecule has 1 N–H and O–H groups in total. The number of aromatic amines is 1. The number of H-pyrrole nitrogens is 1. The Hall–Kier alpha value is -2.15. The molecule has 1 fully saturated rings. The van der Waals surface area contributed by atoms with Gasteiger partial charge in [0.2, 0.25) is 5.91 Å². The number of hydrogen-bond donors (Lipinski definition) is 1. The number of likely N-dealkylation sites (tertiary alicyclic amines) is 1. The van der Waals surface area contributed by atoms with Gasteiger partial charge in [0.05, 0.1) is 30.2 Å². The van der Waals surface area contributed by atoms with Gasteiger partial charge in [-0.2, -0.15) is 0 Å². The fourth-order valence-electron chi connectivity index (χ4n) is 4.20. The molecule has 2 aliphatic heterocycles. The molecule has 4 rings (SSSR count). The summed E-state index contributed by atoms with van der Waals surface area (Å²) in [5.41, 5.74) is 3.29. The van der Waals surface area contributed by atoms with Crippen molar-refractivity contribution in [3.63, 3.8) is 0 Å². The highest BCUT2D eigenvalue weighted by Crippen LogP contribution is 2.34. The molecule has 134 valence electrons. The van der Waals surface area contributed by atoms with E-state index < -0.39 is 0 Å². The van der Waals surface area contributed by atoms with Gasteiger partial charge in [0.15, 0.2) is 0 Å². The Morgan fingerprint density at radius 1 is 1.36 bits per heavy atom. The molecule has 0 saturated carbocycles. The van der Waals surface area contributed by atoms with Crippen LogP contribution in [0.5, 0.6) is 0 Å². The quantitative estimate of drug-likeness (QED) is 0.909. The second-order valence-corrected chi connectivity index (χ2v) is 7.32. The first kappa shape index (κ1) is 16.3. The molecule has 0 spiro atoms. The van der Waals surface area contributed by atoms with Crippen LogP contribution in [0.2, 0.25) is 0 Å². The fraction of sp³-hybridized carbons (Fsp3) is 0.611. The number of imidazole rings is 2. The summed E-state index contributed by atoms with van der Waals surface area (Å²) in [6.07, 6.45) is 4.60. The van der Waals surface area contributed by atoms with Crippen LogP contribution in [-0.2, 0) is 24.3 Å². The molecule has 0 unspecified atom stereocenters. The van der Waals surface area contributed by atoms with Crippen LogP contribution in [0.1, 0.15) is 35.7 Å². The number of hydrogen-bond acceptors (Lipinski definition) is 4. The van der Waals surface area contributed by atoms with Crippen LogP contribution >= 0.6 is 0 Å². The second-order valence-electron chi connectivity index (χ2n) is 7.32. The lowest BCUT2D eigenvalue weighted by atomic mass is 9.90. The summed E-state index contributed by atoms with van der Waals surface area (Å²) < 4.78 is 2.13. The molecule has 2 atom stereocenters. The Labute approximate surface area is 148 Å². The summed E-state index contributed by atoms with van der Waals surface area (Å²) in [6, 6.07) is 0. The van der Waals surface area contributed by atoms with Crippen molar-refractivity contribution in [2.45, 2.75) is 39.3 Å². The summed E-state index contributed by atoms with van der Waals surface area (Å²) in [5.74, 6) is 1.41. The van der Waals surface area contributed by atoms with Gasteiger partial charge in [0.25, 0.3) is 0 Å². The molecule has 4 heterocycles. The molecule has 25 heavy (non-hydrogen) atoms. The average molecular weight is 342 g/mol. The number of amides is 1. The molecule has 0 aromatic carbocycles. The Morgan fingerprint density at radius 3 is 2.96 bits per heavy atom. The highest BCUT2D eigenvalue weighted by atomic mass is 16.2. The van der Waals surface area contributed by atoms with E-state index in [4.69, 9.17) is 4.98 Å². The number of carbonyl (C=O) groups is 1. The number of nitrogens with zero attached hydrogens (tertiary/aromatic N) is 5. The second kappa shape index (κ2) is 6.29. The van der Waals surface area contributed by atoms with E-state index in [1.807, 2.05) is 17.4 Å². The topological polar surface area (TPSA) is 70.1 Å². The van der Waals surface area contributed by atoms with Crippen LogP contribution in [0.3, 0.4) is 0 Å². The lowest BCUT2D eigenvalue weighted by molar-refractivity contribution is -0.137. The van der Waals surface area contributed by atoms with E-state index >= 15 is 0 Å². The van der Waals surface area contributed by atoms with Crippen molar-refractivity contribution in [2.75, 3.05) is 26.7 Å². The molecule has 0 aliphatic carbocycles. The van der Waals surface area contributed by atoms with Crippen LogP contribution in [0.15, 0.2) is 12.5 Å². The third-order valence-corrected chi connectivity index (χ3v) is 5.55. The summed E-state index contributed by atoms with van der Waals surface area (Å²) in [6.45, 7) is 8.10. The zero-order valence-electron chi connectivity index (χ0n) is 15.2. The molecule has 0 radical (unpaired) electrons. The van der Waals surface area contributed by atoms with Gasteiger partial charge in [-0.3, -0.25) is 4.79 Å². The standard InChI is InChI=1S/C18H26N6O/c1-4-16-20-12(2)17(21-16)14-9-22(3)10-15(14)18(25)23-5-6-24-11-19-7-13(24)8-23/h7,11,14-15H,4-6,8-10H2,1-3H3,(H,20,21)/t14-,15-/m0/s1. The number of aryl methyl sites for hydroxylation is 2. The summed E-state index contributed by atoms with van der Waals surface area (Å²) in [7, 11) is 2.09. The van der Waals surface area contributed by atoms with Gasteiger partial charge >= 0.3 is 0 Å². The van der Waals surface area contributed by atoms with E-state index in [2.05, 4.69) is 40.3 Å². The average Bonchev–Trinajstić information content (AvgIpc) is 3.31. The Morgan fingerprint density at radius 2 is 2.20 bits per heavy atom. The first-order chi connectivity index (χ1) is 12.1. The minimum absolute atomic E-state index is 0.0221. The molecule has 7 heteroatoms. The van der Waals surface area contributed by atoms with E-state index in [1.54, 1.807) is 0 Å². The number of nitrogens with one attached hydrogen (secondary N) is 1. The van der Waals surface area contributed by atoms with Crippen molar-refractivity contribution < 1.29 is 4.79 Å². The van der Waals surface area contributed by atoms with Crippen molar-refractivity contribution in [2.24, 2.45) is 5.92 Å². The van der Waals surface area contributed by atoms with Gasteiger partial charge in [-0.15, -0.1) is 0 Å². The Balaban J connectivity index is 1.57. The Bertz CT molecular complexity index is 778. The predicted molar refractivity (Wildman–Crippen MR) is 94.1 cm³/mol. The third kappa shape index (κ3) is 2.86. The molecule has 1 amide bonds. The van der Waals surface area contributed by atoms with Gasteiger partial charge in [-0.05, 0) is 14.0 Å². The van der Waals surface area contributed by atoms with Crippen LogP contribution < -0.4 is 0 Å². The maximum atomic E-state index is 13.3. The van der Waals surface area contributed by atoms with Crippen molar-refractivity contribution in [3.05, 3.63) is 35.4 Å².